The summed E-state index contributed by atoms with van der Waals surface area (Å²) in [5.41, 5.74) is 2.75. The van der Waals surface area contributed by atoms with E-state index in [1.807, 2.05) is 44.2 Å². The molecule has 1 amide bonds. The predicted molar refractivity (Wildman–Crippen MR) is 86.1 cm³/mol. The molecular formula is C18H22N2O3. The fraction of sp³-hybridized carbons (Fsp3) is 0.444. The molecule has 122 valence electrons. The van der Waals surface area contributed by atoms with E-state index in [1.165, 1.54) is 0 Å². The third-order valence-electron chi connectivity index (χ3n) is 4.67. The van der Waals surface area contributed by atoms with Gasteiger partial charge in [0.15, 0.2) is 0 Å². The zero-order chi connectivity index (χ0) is 16.4. The highest BCUT2D eigenvalue weighted by Crippen LogP contribution is 2.28. The Bertz CT molecular complexity index is 661. The van der Waals surface area contributed by atoms with Crippen LogP contribution in [-0.4, -0.2) is 40.3 Å². The minimum atomic E-state index is -0.528. The minimum Gasteiger partial charge on any atom is -0.391 e. The van der Waals surface area contributed by atoms with E-state index in [-0.39, 0.29) is 18.2 Å². The topological polar surface area (TPSA) is 66.6 Å². The molecule has 0 radical (unpaired) electrons. The molecule has 23 heavy (non-hydrogen) atoms. The number of hydrogen-bond acceptors (Lipinski definition) is 4. The van der Waals surface area contributed by atoms with Gasteiger partial charge in [0.05, 0.1) is 18.2 Å². The van der Waals surface area contributed by atoms with Gasteiger partial charge in [-0.05, 0) is 25.8 Å². The van der Waals surface area contributed by atoms with Crippen molar-refractivity contribution in [3.8, 4) is 0 Å². The minimum absolute atomic E-state index is 0.0185. The number of β-amino-alcohol motifs (C(OH)–C–C–N with tert-alkyl or cyclic N) is 1. The van der Waals surface area contributed by atoms with Crippen LogP contribution in [0.15, 0.2) is 34.9 Å². The van der Waals surface area contributed by atoms with E-state index >= 15 is 0 Å². The molecule has 0 aliphatic carbocycles. The molecule has 2 heterocycles. The number of aliphatic hydroxyl groups is 1. The summed E-state index contributed by atoms with van der Waals surface area (Å²) in [5, 5.41) is 14.3. The molecule has 5 nitrogen and oxygen atoms in total. The smallest absolute Gasteiger partial charge is 0.227 e. The van der Waals surface area contributed by atoms with Crippen molar-refractivity contribution in [1.29, 1.82) is 0 Å². The number of carbonyl (C=O) groups is 1. The SMILES string of the molecule is Cc1noc(C)c1CC(=O)N1CC[C@@H](c2ccccc2)[C@H](O)C1. The van der Waals surface area contributed by atoms with Gasteiger partial charge in [-0.25, -0.2) is 0 Å². The first-order valence-corrected chi connectivity index (χ1v) is 7.98. The Kier molecular flexibility index (Phi) is 4.48. The second-order valence-electron chi connectivity index (χ2n) is 6.19. The average Bonchev–Trinajstić information content (AvgIpc) is 2.87. The van der Waals surface area contributed by atoms with Crippen molar-refractivity contribution in [2.75, 3.05) is 13.1 Å². The van der Waals surface area contributed by atoms with E-state index in [4.69, 9.17) is 4.52 Å². The van der Waals surface area contributed by atoms with Crippen LogP contribution in [0.5, 0.6) is 0 Å². The summed E-state index contributed by atoms with van der Waals surface area (Å²) in [6.45, 7) is 4.70. The van der Waals surface area contributed by atoms with Crippen LogP contribution in [0, 0.1) is 13.8 Å². The Morgan fingerprint density at radius 3 is 2.70 bits per heavy atom. The first-order valence-electron chi connectivity index (χ1n) is 7.98. The largest absolute Gasteiger partial charge is 0.391 e. The standard InChI is InChI=1S/C18H22N2O3/c1-12-16(13(2)23-19-12)10-18(22)20-9-8-15(17(21)11-20)14-6-4-3-5-7-14/h3-7,15,17,21H,8-11H2,1-2H3/t15-,17+/m0/s1. The Morgan fingerprint density at radius 2 is 2.09 bits per heavy atom. The molecule has 1 aliphatic heterocycles. The maximum atomic E-state index is 12.5. The number of benzene rings is 1. The summed E-state index contributed by atoms with van der Waals surface area (Å²) in [4.78, 5) is 14.3. The molecule has 1 aromatic heterocycles. The van der Waals surface area contributed by atoms with Crippen LogP contribution in [0.1, 0.15) is 34.9 Å². The summed E-state index contributed by atoms with van der Waals surface area (Å²) in [6.07, 6.45) is 0.530. The normalized spacial score (nSPS) is 21.4. The molecule has 1 aliphatic rings. The first kappa shape index (κ1) is 15.7. The van der Waals surface area contributed by atoms with Crippen LogP contribution in [0.4, 0.5) is 0 Å². The van der Waals surface area contributed by atoms with E-state index in [0.29, 0.717) is 18.8 Å². The van der Waals surface area contributed by atoms with Gasteiger partial charge in [0.25, 0.3) is 0 Å². The van der Waals surface area contributed by atoms with E-state index in [2.05, 4.69) is 5.16 Å². The summed E-state index contributed by atoms with van der Waals surface area (Å²) in [5.74, 6) is 0.805. The number of aromatic nitrogens is 1. The summed E-state index contributed by atoms with van der Waals surface area (Å²) in [6, 6.07) is 10.0. The molecule has 0 spiro atoms. The van der Waals surface area contributed by atoms with E-state index in [1.54, 1.807) is 4.90 Å². The van der Waals surface area contributed by atoms with Gasteiger partial charge in [-0.15, -0.1) is 0 Å². The third-order valence-corrected chi connectivity index (χ3v) is 4.67. The van der Waals surface area contributed by atoms with Crippen LogP contribution in [0.3, 0.4) is 0 Å². The van der Waals surface area contributed by atoms with Gasteiger partial charge in [-0.1, -0.05) is 35.5 Å². The molecule has 0 bridgehead atoms. The number of amides is 1. The fourth-order valence-electron chi connectivity index (χ4n) is 3.26. The second-order valence-corrected chi connectivity index (χ2v) is 6.19. The van der Waals surface area contributed by atoms with Crippen LogP contribution < -0.4 is 0 Å². The van der Waals surface area contributed by atoms with Crippen molar-refractivity contribution in [2.45, 2.75) is 38.7 Å². The molecule has 1 saturated heterocycles. The van der Waals surface area contributed by atoms with E-state index in [9.17, 15) is 9.90 Å². The maximum absolute atomic E-state index is 12.5. The van der Waals surface area contributed by atoms with Gasteiger partial charge < -0.3 is 14.5 Å². The van der Waals surface area contributed by atoms with Crippen LogP contribution in [-0.2, 0) is 11.2 Å². The Morgan fingerprint density at radius 1 is 1.35 bits per heavy atom. The number of hydrogen-bond donors (Lipinski definition) is 1. The number of aryl methyl sites for hydroxylation is 2. The molecule has 5 heteroatoms. The van der Waals surface area contributed by atoms with Crippen LogP contribution in [0.2, 0.25) is 0 Å². The van der Waals surface area contributed by atoms with E-state index < -0.39 is 6.10 Å². The van der Waals surface area contributed by atoms with Crippen molar-refractivity contribution < 1.29 is 14.4 Å². The highest BCUT2D eigenvalue weighted by molar-refractivity contribution is 5.79. The monoisotopic (exact) mass is 314 g/mol. The van der Waals surface area contributed by atoms with Gasteiger partial charge in [0.1, 0.15) is 5.76 Å². The zero-order valence-electron chi connectivity index (χ0n) is 13.5. The second kappa shape index (κ2) is 6.54. The van der Waals surface area contributed by atoms with Gasteiger partial charge in [-0.2, -0.15) is 0 Å². The Labute approximate surface area is 135 Å². The highest BCUT2D eigenvalue weighted by atomic mass is 16.5. The lowest BCUT2D eigenvalue weighted by atomic mass is 9.87. The summed E-state index contributed by atoms with van der Waals surface area (Å²) in [7, 11) is 0. The van der Waals surface area contributed by atoms with Crippen LogP contribution in [0.25, 0.3) is 0 Å². The molecular weight excluding hydrogens is 292 g/mol. The molecule has 2 aromatic rings. The number of piperidine rings is 1. The van der Waals surface area contributed by atoms with Gasteiger partial charge in [0, 0.05) is 24.6 Å². The van der Waals surface area contributed by atoms with Gasteiger partial charge >= 0.3 is 0 Å². The molecule has 1 aromatic carbocycles. The predicted octanol–water partition coefficient (Wildman–Crippen LogP) is 2.21. The number of carbonyl (C=O) groups excluding carboxylic acids is 1. The first-order chi connectivity index (χ1) is 11.1. The van der Waals surface area contributed by atoms with Crippen molar-refractivity contribution in [2.24, 2.45) is 0 Å². The number of aliphatic hydroxyl groups excluding tert-OH is 1. The quantitative estimate of drug-likeness (QED) is 0.943. The summed E-state index contributed by atoms with van der Waals surface area (Å²) < 4.78 is 5.11. The molecule has 1 fully saturated rings. The Hall–Kier alpha value is -2.14. The molecule has 0 saturated carbocycles. The number of likely N-dealkylation sites (tertiary alicyclic amines) is 1. The van der Waals surface area contributed by atoms with Gasteiger partial charge in [0.2, 0.25) is 5.91 Å². The molecule has 2 atom stereocenters. The lowest BCUT2D eigenvalue weighted by Gasteiger charge is -2.36. The van der Waals surface area contributed by atoms with Crippen molar-refractivity contribution in [1.82, 2.24) is 10.1 Å². The van der Waals surface area contributed by atoms with E-state index in [0.717, 1.165) is 23.2 Å². The average molecular weight is 314 g/mol. The maximum Gasteiger partial charge on any atom is 0.227 e. The van der Waals surface area contributed by atoms with Crippen molar-refractivity contribution in [3.05, 3.63) is 52.9 Å². The molecule has 3 rings (SSSR count). The third kappa shape index (κ3) is 3.29. The molecule has 1 N–H and O–H groups in total. The molecule has 0 unspecified atom stereocenters. The van der Waals surface area contributed by atoms with Crippen LogP contribution >= 0.6 is 0 Å². The lowest BCUT2D eigenvalue weighted by molar-refractivity contribution is -0.134. The number of nitrogens with zero attached hydrogens (tertiary/aromatic N) is 2. The Balaban J connectivity index is 1.64. The zero-order valence-corrected chi connectivity index (χ0v) is 13.5. The van der Waals surface area contributed by atoms with Gasteiger partial charge in [-0.3, -0.25) is 4.79 Å². The summed E-state index contributed by atoms with van der Waals surface area (Å²) >= 11 is 0. The van der Waals surface area contributed by atoms with Crippen molar-refractivity contribution in [3.63, 3.8) is 0 Å². The van der Waals surface area contributed by atoms with Crippen molar-refractivity contribution >= 4 is 5.91 Å². The highest BCUT2D eigenvalue weighted by Gasteiger charge is 2.31. The fourth-order valence-corrected chi connectivity index (χ4v) is 3.26. The number of rotatable bonds is 3. The lowest BCUT2D eigenvalue weighted by Crippen LogP contribution is -2.46.